The van der Waals surface area contributed by atoms with Crippen molar-refractivity contribution in [2.45, 2.75) is 31.6 Å². The van der Waals surface area contributed by atoms with Crippen molar-refractivity contribution in [1.29, 1.82) is 0 Å². The van der Waals surface area contributed by atoms with Gasteiger partial charge in [0.15, 0.2) is 0 Å². The van der Waals surface area contributed by atoms with Gasteiger partial charge in [0.1, 0.15) is 5.82 Å². The van der Waals surface area contributed by atoms with Crippen molar-refractivity contribution in [3.8, 4) is 0 Å². The molecule has 0 saturated heterocycles. The molecule has 26 heavy (non-hydrogen) atoms. The number of rotatable bonds is 2. The summed E-state index contributed by atoms with van der Waals surface area (Å²) in [6, 6.07) is 24.9. The van der Waals surface area contributed by atoms with Crippen molar-refractivity contribution < 1.29 is 4.39 Å². The van der Waals surface area contributed by atoms with Gasteiger partial charge in [-0.25, -0.2) is 4.39 Å². The highest BCUT2D eigenvalue weighted by molar-refractivity contribution is 6.08. The van der Waals surface area contributed by atoms with E-state index in [4.69, 9.17) is 0 Å². The summed E-state index contributed by atoms with van der Waals surface area (Å²) in [7, 11) is 0. The van der Waals surface area contributed by atoms with Crippen LogP contribution in [0.4, 0.5) is 4.39 Å². The Labute approximate surface area is 153 Å². The van der Waals surface area contributed by atoms with E-state index in [2.05, 4.69) is 48.5 Å². The second-order valence-electron chi connectivity index (χ2n) is 7.44. The first-order chi connectivity index (χ1) is 12.8. The van der Waals surface area contributed by atoms with Crippen LogP contribution in [0.25, 0.3) is 21.5 Å². The van der Waals surface area contributed by atoms with E-state index in [1.165, 1.54) is 51.6 Å². The Morgan fingerprint density at radius 2 is 1.69 bits per heavy atom. The van der Waals surface area contributed by atoms with Crippen molar-refractivity contribution in [3.63, 3.8) is 0 Å². The third-order valence-electron chi connectivity index (χ3n) is 5.86. The molecule has 1 heteroatoms. The summed E-state index contributed by atoms with van der Waals surface area (Å²) < 4.78 is 13.6. The molecule has 1 aliphatic rings. The van der Waals surface area contributed by atoms with Crippen LogP contribution in [0, 0.1) is 5.82 Å². The van der Waals surface area contributed by atoms with Gasteiger partial charge in [0.05, 0.1) is 0 Å². The van der Waals surface area contributed by atoms with E-state index in [0.29, 0.717) is 5.92 Å². The molecule has 0 amide bonds. The van der Waals surface area contributed by atoms with E-state index < -0.39 is 0 Å². The Balaban J connectivity index is 1.62. The fraction of sp³-hybridized carbons (Fsp3) is 0.200. The van der Waals surface area contributed by atoms with Gasteiger partial charge >= 0.3 is 0 Å². The smallest absolute Gasteiger partial charge is 0.123 e. The number of fused-ring (bicyclic) bond motifs is 5. The predicted octanol–water partition coefficient (Wildman–Crippen LogP) is 6.79. The lowest BCUT2D eigenvalue weighted by Gasteiger charge is -2.27. The van der Waals surface area contributed by atoms with Crippen LogP contribution in [-0.4, -0.2) is 0 Å². The molecule has 0 bridgehead atoms. The molecule has 0 radical (unpaired) electrons. The molecule has 0 aromatic heterocycles. The first kappa shape index (κ1) is 15.6. The molecule has 4 aromatic rings. The Morgan fingerprint density at radius 1 is 0.808 bits per heavy atom. The lowest BCUT2D eigenvalue weighted by atomic mass is 9.77. The van der Waals surface area contributed by atoms with Gasteiger partial charge < -0.3 is 0 Å². The van der Waals surface area contributed by atoms with Crippen molar-refractivity contribution in [1.82, 2.24) is 0 Å². The molecule has 128 valence electrons. The molecule has 0 heterocycles. The summed E-state index contributed by atoms with van der Waals surface area (Å²) in [5.41, 5.74) is 4.06. The van der Waals surface area contributed by atoms with Gasteiger partial charge in [-0.15, -0.1) is 0 Å². The van der Waals surface area contributed by atoms with Crippen molar-refractivity contribution in [3.05, 3.63) is 95.3 Å². The summed E-state index contributed by atoms with van der Waals surface area (Å²) in [6.07, 6.45) is 4.45. The summed E-state index contributed by atoms with van der Waals surface area (Å²) >= 11 is 0. The molecule has 1 atom stereocenters. The van der Waals surface area contributed by atoms with Crippen molar-refractivity contribution in [2.75, 3.05) is 0 Å². The van der Waals surface area contributed by atoms with Crippen LogP contribution < -0.4 is 0 Å². The first-order valence-corrected chi connectivity index (χ1v) is 9.47. The third-order valence-corrected chi connectivity index (χ3v) is 5.86. The molecular formula is C25H21F. The minimum absolute atomic E-state index is 0.136. The SMILES string of the molecule is Fc1cccc(CC2CCCc3c2ccc2c3ccc3ccccc32)c1. The second-order valence-corrected chi connectivity index (χ2v) is 7.44. The maximum absolute atomic E-state index is 13.6. The maximum atomic E-state index is 13.6. The highest BCUT2D eigenvalue weighted by atomic mass is 19.1. The number of aryl methyl sites for hydroxylation is 1. The van der Waals surface area contributed by atoms with Gasteiger partial charge in [-0.2, -0.15) is 0 Å². The normalized spacial score (nSPS) is 16.7. The van der Waals surface area contributed by atoms with Crippen LogP contribution in [0.15, 0.2) is 72.8 Å². The molecule has 4 aromatic carbocycles. The lowest BCUT2D eigenvalue weighted by Crippen LogP contribution is -2.12. The summed E-state index contributed by atoms with van der Waals surface area (Å²) in [5.74, 6) is 0.347. The molecule has 0 saturated carbocycles. The average molecular weight is 340 g/mol. The van der Waals surface area contributed by atoms with E-state index in [1.54, 1.807) is 6.07 Å². The maximum Gasteiger partial charge on any atom is 0.123 e. The summed E-state index contributed by atoms with van der Waals surface area (Å²) in [5, 5.41) is 5.38. The zero-order valence-electron chi connectivity index (χ0n) is 14.7. The van der Waals surface area contributed by atoms with Gasteiger partial charge in [0.25, 0.3) is 0 Å². The largest absolute Gasteiger partial charge is 0.207 e. The quantitative estimate of drug-likeness (QED) is 0.352. The minimum atomic E-state index is -0.136. The minimum Gasteiger partial charge on any atom is -0.207 e. The molecule has 1 aliphatic carbocycles. The Hall–Kier alpha value is -2.67. The molecule has 5 rings (SSSR count). The van der Waals surface area contributed by atoms with Crippen LogP contribution in [0.2, 0.25) is 0 Å². The summed E-state index contributed by atoms with van der Waals surface area (Å²) in [6.45, 7) is 0. The number of benzene rings is 4. The van der Waals surface area contributed by atoms with E-state index in [-0.39, 0.29) is 5.82 Å². The van der Waals surface area contributed by atoms with E-state index >= 15 is 0 Å². The zero-order valence-corrected chi connectivity index (χ0v) is 14.7. The van der Waals surface area contributed by atoms with Crippen LogP contribution in [-0.2, 0) is 12.8 Å². The van der Waals surface area contributed by atoms with Gasteiger partial charge in [-0.05, 0) is 82.0 Å². The van der Waals surface area contributed by atoms with Crippen molar-refractivity contribution >= 4 is 21.5 Å². The number of hydrogen-bond donors (Lipinski definition) is 0. The molecule has 1 unspecified atom stereocenters. The van der Waals surface area contributed by atoms with Crippen LogP contribution in [0.1, 0.15) is 35.4 Å². The highest BCUT2D eigenvalue weighted by Gasteiger charge is 2.22. The summed E-state index contributed by atoms with van der Waals surface area (Å²) in [4.78, 5) is 0. The molecule has 0 N–H and O–H groups in total. The second kappa shape index (κ2) is 6.25. The predicted molar refractivity (Wildman–Crippen MR) is 107 cm³/mol. The van der Waals surface area contributed by atoms with E-state index in [0.717, 1.165) is 18.4 Å². The molecule has 0 aliphatic heterocycles. The molecule has 0 nitrogen and oxygen atoms in total. The molecule has 0 fully saturated rings. The van der Waals surface area contributed by atoms with E-state index in [9.17, 15) is 4.39 Å². The average Bonchev–Trinajstić information content (AvgIpc) is 2.68. The van der Waals surface area contributed by atoms with Gasteiger partial charge in [-0.1, -0.05) is 60.7 Å². The fourth-order valence-electron chi connectivity index (χ4n) is 4.67. The number of hydrogen-bond acceptors (Lipinski definition) is 0. The third kappa shape index (κ3) is 2.59. The van der Waals surface area contributed by atoms with Crippen LogP contribution in [0.5, 0.6) is 0 Å². The van der Waals surface area contributed by atoms with Gasteiger partial charge in [0.2, 0.25) is 0 Å². The number of halogens is 1. The lowest BCUT2D eigenvalue weighted by molar-refractivity contribution is 0.550. The van der Waals surface area contributed by atoms with Gasteiger partial charge in [-0.3, -0.25) is 0 Å². The van der Waals surface area contributed by atoms with Gasteiger partial charge in [0, 0.05) is 0 Å². The van der Waals surface area contributed by atoms with E-state index in [1.807, 2.05) is 12.1 Å². The zero-order chi connectivity index (χ0) is 17.5. The monoisotopic (exact) mass is 340 g/mol. The molecule has 0 spiro atoms. The topological polar surface area (TPSA) is 0 Å². The Bertz CT molecular complexity index is 1110. The highest BCUT2D eigenvalue weighted by Crippen LogP contribution is 2.39. The Kier molecular flexibility index (Phi) is 3.74. The first-order valence-electron chi connectivity index (χ1n) is 9.47. The Morgan fingerprint density at radius 3 is 2.62 bits per heavy atom. The molecular weight excluding hydrogens is 319 g/mol. The van der Waals surface area contributed by atoms with Crippen LogP contribution >= 0.6 is 0 Å². The van der Waals surface area contributed by atoms with Crippen molar-refractivity contribution in [2.24, 2.45) is 0 Å². The van der Waals surface area contributed by atoms with Crippen LogP contribution in [0.3, 0.4) is 0 Å². The standard InChI is InChI=1S/C25H21F/c26-20-8-3-5-17(16-20)15-19-7-4-10-23-22(19)13-14-24-21-9-2-1-6-18(21)11-12-25(23)24/h1-3,5-6,8-9,11-14,16,19H,4,7,10,15H2. The fourth-order valence-corrected chi connectivity index (χ4v) is 4.67.